The Morgan fingerprint density at radius 1 is 0.405 bits per heavy atom. The zero-order chi connectivity index (χ0) is 48.2. The van der Waals surface area contributed by atoms with Crippen LogP contribution < -0.4 is 51.5 Å². The maximum absolute atomic E-state index is 7.70. The maximum Gasteiger partial charge on any atom is 0.260 e. The van der Waals surface area contributed by atoms with E-state index in [1.807, 2.05) is 0 Å². The van der Waals surface area contributed by atoms with Gasteiger partial charge in [-0.15, -0.1) is 0 Å². The highest BCUT2D eigenvalue weighted by Gasteiger charge is 2.55. The van der Waals surface area contributed by atoms with Gasteiger partial charge in [-0.2, -0.15) is 0 Å². The summed E-state index contributed by atoms with van der Waals surface area (Å²) in [5.74, 6) is 3.38. The Balaban J connectivity index is 0.981. The van der Waals surface area contributed by atoms with Crippen molar-refractivity contribution in [2.24, 2.45) is 0 Å². The third-order valence-electron chi connectivity index (χ3n) is 16.6. The highest BCUT2D eigenvalue weighted by atomic mass is 16.5. The van der Waals surface area contributed by atoms with Crippen molar-refractivity contribution >= 4 is 96.7 Å². The number of para-hydroxylation sites is 8. The van der Waals surface area contributed by atoms with Gasteiger partial charge in [0.2, 0.25) is 0 Å². The van der Waals surface area contributed by atoms with Crippen LogP contribution in [0.25, 0.3) is 27.5 Å². The lowest BCUT2D eigenvalue weighted by Crippen LogP contribution is -2.62. The molecule has 10 aromatic carbocycles. The van der Waals surface area contributed by atoms with Gasteiger partial charge in [0, 0.05) is 74.2 Å². The quantitative estimate of drug-likeness (QED) is 0.164. The van der Waals surface area contributed by atoms with Crippen LogP contribution in [0.5, 0.6) is 23.0 Å². The molecule has 0 saturated carbocycles. The lowest BCUT2D eigenvalue weighted by atomic mass is 9.29. The molecule has 17 rings (SSSR count). The summed E-state index contributed by atoms with van der Waals surface area (Å²) in [7, 11) is 0. The van der Waals surface area contributed by atoms with E-state index in [0.29, 0.717) is 0 Å². The molecule has 344 valence electrons. The molecule has 0 spiro atoms. The average Bonchev–Trinajstić information content (AvgIpc) is 4.09. The Morgan fingerprint density at radius 2 is 1.03 bits per heavy atom. The second-order valence-electron chi connectivity index (χ2n) is 20.2. The van der Waals surface area contributed by atoms with Crippen LogP contribution in [0.3, 0.4) is 0 Å². The van der Waals surface area contributed by atoms with Gasteiger partial charge in [-0.25, -0.2) is 0 Å². The number of allylic oxidation sites excluding steroid dienone is 1. The molecule has 2 unspecified atom stereocenters. The molecule has 11 aromatic rings. The third-order valence-corrected chi connectivity index (χ3v) is 16.6. The molecule has 2 atom stereocenters. The Labute approximate surface area is 429 Å². The van der Waals surface area contributed by atoms with Crippen molar-refractivity contribution in [1.29, 1.82) is 0 Å². The minimum atomic E-state index is -0.158. The summed E-state index contributed by atoms with van der Waals surface area (Å²) in [5.41, 5.74) is 21.2. The van der Waals surface area contributed by atoms with Crippen LogP contribution >= 0.6 is 0 Å². The second kappa shape index (κ2) is 15.1. The molecule has 6 nitrogen and oxygen atoms in total. The number of ether oxygens (including phenoxy) is 2. The highest BCUT2D eigenvalue weighted by Crippen LogP contribution is 2.58. The minimum absolute atomic E-state index is 0.0183. The SMILES string of the molecule is C1=C2C3=C(C4c5ccccc5N(c5ccccc5)C14)N(c1ccccc1)c1cc4c(cc1B3c1ccccc1N2c1ccccc1)B1c2ccccc2Oc2cc3c(c(c21)O4)c1ccccc1n3-c1ccccc1. The van der Waals surface area contributed by atoms with Gasteiger partial charge in [0.25, 0.3) is 13.4 Å². The Morgan fingerprint density at radius 3 is 1.80 bits per heavy atom. The molecule has 0 saturated heterocycles. The Bertz CT molecular complexity index is 4250. The molecule has 8 heteroatoms. The predicted molar refractivity (Wildman–Crippen MR) is 304 cm³/mol. The van der Waals surface area contributed by atoms with Gasteiger partial charge in [0.15, 0.2) is 0 Å². The van der Waals surface area contributed by atoms with E-state index < -0.39 is 0 Å². The molecule has 6 aliphatic rings. The molecule has 6 heterocycles. The smallest absolute Gasteiger partial charge is 0.260 e. The van der Waals surface area contributed by atoms with Crippen LogP contribution in [-0.4, -0.2) is 24.0 Å². The van der Waals surface area contributed by atoms with Crippen molar-refractivity contribution in [3.05, 3.63) is 265 Å². The molecule has 1 aromatic heterocycles. The summed E-state index contributed by atoms with van der Waals surface area (Å²) >= 11 is 0. The number of rotatable bonds is 4. The van der Waals surface area contributed by atoms with Crippen molar-refractivity contribution in [2.45, 2.75) is 12.0 Å². The van der Waals surface area contributed by atoms with Crippen molar-refractivity contribution < 1.29 is 9.47 Å². The second-order valence-corrected chi connectivity index (χ2v) is 20.2. The molecule has 0 bridgehead atoms. The fourth-order valence-corrected chi connectivity index (χ4v) is 13.8. The monoisotopic (exact) mass is 944 g/mol. The maximum atomic E-state index is 7.70. The first-order chi connectivity index (χ1) is 36.8. The molecular weight excluding hydrogens is 902 g/mol. The first-order valence-electron chi connectivity index (χ1n) is 25.7. The van der Waals surface area contributed by atoms with Crippen LogP contribution in [0.4, 0.5) is 34.1 Å². The van der Waals surface area contributed by atoms with E-state index in [1.165, 1.54) is 50.4 Å². The zero-order valence-electron chi connectivity index (χ0n) is 40.0. The van der Waals surface area contributed by atoms with Gasteiger partial charge in [0.05, 0.1) is 28.4 Å². The predicted octanol–water partition coefficient (Wildman–Crippen LogP) is 12.4. The zero-order valence-corrected chi connectivity index (χ0v) is 40.0. The summed E-state index contributed by atoms with van der Waals surface area (Å²) in [6, 6.07) is 86.3. The lowest BCUT2D eigenvalue weighted by molar-refractivity contribution is 0.468. The topological polar surface area (TPSA) is 33.1 Å². The molecule has 1 aliphatic carbocycles. The number of benzene rings is 10. The minimum Gasteiger partial charge on any atom is -0.458 e. The number of fused-ring (bicyclic) bond motifs is 16. The van der Waals surface area contributed by atoms with Gasteiger partial charge >= 0.3 is 0 Å². The summed E-state index contributed by atoms with van der Waals surface area (Å²) < 4.78 is 17.1. The summed E-state index contributed by atoms with van der Waals surface area (Å²) in [6.07, 6.45) is 2.59. The van der Waals surface area contributed by atoms with E-state index in [-0.39, 0.29) is 25.4 Å². The third kappa shape index (κ3) is 5.36. The Kier molecular flexibility index (Phi) is 8.20. The molecule has 0 amide bonds. The van der Waals surface area contributed by atoms with Crippen LogP contribution in [0.2, 0.25) is 0 Å². The van der Waals surface area contributed by atoms with Gasteiger partial charge in [-0.05, 0) is 112 Å². The standard InChI is InChI=1S/C66H42B2N4O2/c1-5-21-41(22-6-1)69-51-33-17-13-29-45(51)61-55(69)38-57-63-65(61)72(44-27-11-4-12-28-44)54-39-59-50(37-49(54)67(63)47-31-15-19-35-53(47)71(57)43-25-9-3-10-26-43)68-48-32-16-20-36-58(48)73-60-40-56-62(66(74-59)64(60)68)46-30-14-18-34-52(46)70(56)42-23-7-2-8-24-42/h1-40,55,61H. The number of nitrogens with zero attached hydrogens (tertiary/aromatic N) is 4. The number of hydrogen-bond donors (Lipinski definition) is 0. The van der Waals surface area contributed by atoms with E-state index in [1.54, 1.807) is 0 Å². The fourth-order valence-electron chi connectivity index (χ4n) is 13.8. The lowest BCUT2D eigenvalue weighted by Gasteiger charge is -2.50. The largest absolute Gasteiger partial charge is 0.458 e. The summed E-state index contributed by atoms with van der Waals surface area (Å²) in [4.78, 5) is 7.73. The van der Waals surface area contributed by atoms with E-state index in [2.05, 4.69) is 262 Å². The van der Waals surface area contributed by atoms with E-state index in [9.17, 15) is 0 Å². The molecule has 74 heavy (non-hydrogen) atoms. The van der Waals surface area contributed by atoms with Gasteiger partial charge in [-0.3, -0.25) is 0 Å². The summed E-state index contributed by atoms with van der Waals surface area (Å²) in [5, 5.41) is 2.22. The number of anilines is 6. The Hall–Kier alpha value is -9.39. The van der Waals surface area contributed by atoms with Crippen LogP contribution in [-0.2, 0) is 0 Å². The molecule has 0 N–H and O–H groups in total. The van der Waals surface area contributed by atoms with Crippen molar-refractivity contribution in [3.8, 4) is 28.7 Å². The number of aromatic nitrogens is 1. The van der Waals surface area contributed by atoms with Crippen molar-refractivity contribution in [2.75, 3.05) is 14.7 Å². The van der Waals surface area contributed by atoms with Crippen molar-refractivity contribution in [3.63, 3.8) is 0 Å². The van der Waals surface area contributed by atoms with Gasteiger partial charge in [-0.1, -0.05) is 152 Å². The van der Waals surface area contributed by atoms with E-state index in [0.717, 1.165) is 83.9 Å². The van der Waals surface area contributed by atoms with Gasteiger partial charge in [0.1, 0.15) is 23.0 Å². The number of hydrogen-bond acceptors (Lipinski definition) is 5. The normalized spacial score (nSPS) is 17.0. The average molecular weight is 945 g/mol. The van der Waals surface area contributed by atoms with E-state index >= 15 is 0 Å². The molecule has 5 aliphatic heterocycles. The summed E-state index contributed by atoms with van der Waals surface area (Å²) in [6.45, 7) is -0.261. The fraction of sp³-hybridized carbons (Fsp3) is 0.0303. The molecule has 0 fully saturated rings. The molecular formula is C66H42B2N4O2. The molecule has 0 radical (unpaired) electrons. The van der Waals surface area contributed by atoms with Crippen molar-refractivity contribution in [1.82, 2.24) is 4.57 Å². The first kappa shape index (κ1) is 40.2. The van der Waals surface area contributed by atoms with Crippen LogP contribution in [0.1, 0.15) is 11.5 Å². The van der Waals surface area contributed by atoms with Crippen LogP contribution in [0, 0.1) is 0 Å². The van der Waals surface area contributed by atoms with Crippen LogP contribution in [0.15, 0.2) is 260 Å². The van der Waals surface area contributed by atoms with Gasteiger partial charge < -0.3 is 28.7 Å². The van der Waals surface area contributed by atoms with E-state index in [4.69, 9.17) is 9.47 Å². The highest BCUT2D eigenvalue weighted by molar-refractivity contribution is 7.00. The first-order valence-corrected chi connectivity index (χ1v) is 25.7.